The Kier molecular flexibility index (Phi) is 6.61. The van der Waals surface area contributed by atoms with E-state index in [0.29, 0.717) is 44.9 Å². The molecule has 2 N–H and O–H groups in total. The lowest BCUT2D eigenvalue weighted by atomic mass is 10.2. The summed E-state index contributed by atoms with van der Waals surface area (Å²) in [6.07, 6.45) is 0.799. The standard InChI is InChI=1S/C20H19ClN4O3S2/c1-12-3-5-13(6-4-12)22-19-24-25-20(30-19)29-11-18(26)23-15-10-17-16(9-14(15)21)27-7-2-8-28-17/h3-6,9-10H,2,7-8,11H2,1H3,(H,22,24)(H,23,26). The highest BCUT2D eigenvalue weighted by Gasteiger charge is 2.16. The molecular weight excluding hydrogens is 444 g/mol. The van der Waals surface area contributed by atoms with E-state index < -0.39 is 0 Å². The fraction of sp³-hybridized carbons (Fsp3) is 0.250. The maximum Gasteiger partial charge on any atom is 0.234 e. The van der Waals surface area contributed by atoms with Gasteiger partial charge in [-0.2, -0.15) is 0 Å². The number of nitrogens with zero attached hydrogens (tertiary/aromatic N) is 2. The minimum absolute atomic E-state index is 0.184. The number of carbonyl (C=O) groups excluding carboxylic acids is 1. The first-order valence-corrected chi connectivity index (χ1v) is 11.4. The van der Waals surface area contributed by atoms with Gasteiger partial charge in [-0.15, -0.1) is 10.2 Å². The molecular formula is C20H19ClN4O3S2. The summed E-state index contributed by atoms with van der Waals surface area (Å²) in [5.74, 6) is 1.16. The quantitative estimate of drug-likeness (QED) is 0.491. The second-order valence-electron chi connectivity index (χ2n) is 6.53. The number of halogens is 1. The van der Waals surface area contributed by atoms with Crippen molar-refractivity contribution in [3.63, 3.8) is 0 Å². The fourth-order valence-corrected chi connectivity index (χ4v) is 4.45. The van der Waals surface area contributed by atoms with Crippen molar-refractivity contribution in [1.82, 2.24) is 10.2 Å². The highest BCUT2D eigenvalue weighted by molar-refractivity contribution is 8.01. The van der Waals surface area contributed by atoms with E-state index in [1.54, 1.807) is 12.1 Å². The lowest BCUT2D eigenvalue weighted by molar-refractivity contribution is -0.113. The maximum atomic E-state index is 12.4. The number of nitrogens with one attached hydrogen (secondary N) is 2. The molecule has 0 spiro atoms. The number of aromatic nitrogens is 2. The normalized spacial score (nSPS) is 12.9. The summed E-state index contributed by atoms with van der Waals surface area (Å²) in [5.41, 5.74) is 2.62. The van der Waals surface area contributed by atoms with Gasteiger partial charge >= 0.3 is 0 Å². The zero-order valence-electron chi connectivity index (χ0n) is 16.1. The Labute approximate surface area is 187 Å². The van der Waals surface area contributed by atoms with Crippen LogP contribution in [0.1, 0.15) is 12.0 Å². The van der Waals surface area contributed by atoms with E-state index in [4.69, 9.17) is 21.1 Å². The van der Waals surface area contributed by atoms with Gasteiger partial charge in [0.15, 0.2) is 15.8 Å². The number of aryl methyl sites for hydroxylation is 1. The van der Waals surface area contributed by atoms with E-state index in [2.05, 4.69) is 20.8 Å². The van der Waals surface area contributed by atoms with Crippen LogP contribution in [0.3, 0.4) is 0 Å². The molecule has 2 heterocycles. The molecule has 1 aliphatic heterocycles. The summed E-state index contributed by atoms with van der Waals surface area (Å²) in [6, 6.07) is 11.4. The molecule has 1 amide bonds. The Bertz CT molecular complexity index is 1040. The lowest BCUT2D eigenvalue weighted by Crippen LogP contribution is -2.14. The van der Waals surface area contributed by atoms with Gasteiger partial charge in [0.05, 0.1) is 29.7 Å². The van der Waals surface area contributed by atoms with Crippen LogP contribution < -0.4 is 20.1 Å². The van der Waals surface area contributed by atoms with Crippen molar-refractivity contribution in [2.24, 2.45) is 0 Å². The summed E-state index contributed by atoms with van der Waals surface area (Å²) in [7, 11) is 0. The average Bonchev–Trinajstić information content (AvgIpc) is 3.05. The number of benzene rings is 2. The molecule has 4 rings (SSSR count). The molecule has 156 valence electrons. The van der Waals surface area contributed by atoms with Gasteiger partial charge in [0, 0.05) is 24.2 Å². The Balaban J connectivity index is 1.32. The molecule has 0 atom stereocenters. The van der Waals surface area contributed by atoms with E-state index in [0.717, 1.165) is 12.1 Å². The fourth-order valence-electron chi connectivity index (χ4n) is 2.67. The minimum Gasteiger partial charge on any atom is -0.490 e. The molecule has 3 aromatic rings. The van der Waals surface area contributed by atoms with Gasteiger partial charge in [-0.25, -0.2) is 0 Å². The van der Waals surface area contributed by atoms with Crippen molar-refractivity contribution in [3.05, 3.63) is 47.0 Å². The number of thioether (sulfide) groups is 1. The van der Waals surface area contributed by atoms with Gasteiger partial charge in [0.25, 0.3) is 0 Å². The molecule has 2 aromatic carbocycles. The third-order valence-corrected chi connectivity index (χ3v) is 6.43. The topological polar surface area (TPSA) is 85.4 Å². The van der Waals surface area contributed by atoms with Crippen LogP contribution >= 0.6 is 34.7 Å². The summed E-state index contributed by atoms with van der Waals surface area (Å²) in [4.78, 5) is 12.4. The molecule has 7 nitrogen and oxygen atoms in total. The smallest absolute Gasteiger partial charge is 0.234 e. The molecule has 0 bridgehead atoms. The van der Waals surface area contributed by atoms with Crippen LogP contribution in [-0.4, -0.2) is 35.1 Å². The molecule has 0 saturated carbocycles. The lowest BCUT2D eigenvalue weighted by Gasteiger charge is -2.12. The third kappa shape index (κ3) is 5.35. The van der Waals surface area contributed by atoms with E-state index in [9.17, 15) is 4.79 Å². The summed E-state index contributed by atoms with van der Waals surface area (Å²) in [5, 5.41) is 15.3. The number of carbonyl (C=O) groups is 1. The zero-order chi connectivity index (χ0) is 20.9. The van der Waals surface area contributed by atoms with Gasteiger partial charge in [0.1, 0.15) is 0 Å². The summed E-state index contributed by atoms with van der Waals surface area (Å²) in [6.45, 7) is 3.18. The molecule has 0 radical (unpaired) electrons. The van der Waals surface area contributed by atoms with Crippen molar-refractivity contribution in [2.75, 3.05) is 29.6 Å². The van der Waals surface area contributed by atoms with E-state index in [-0.39, 0.29) is 11.7 Å². The molecule has 0 fully saturated rings. The first-order valence-electron chi connectivity index (χ1n) is 9.26. The number of hydrogen-bond acceptors (Lipinski definition) is 8. The van der Waals surface area contributed by atoms with E-state index in [1.165, 1.54) is 28.7 Å². The van der Waals surface area contributed by atoms with Gasteiger partial charge in [-0.1, -0.05) is 52.4 Å². The van der Waals surface area contributed by atoms with Crippen molar-refractivity contribution < 1.29 is 14.3 Å². The molecule has 30 heavy (non-hydrogen) atoms. The van der Waals surface area contributed by atoms with E-state index >= 15 is 0 Å². The largest absolute Gasteiger partial charge is 0.490 e. The molecule has 1 aliphatic rings. The van der Waals surface area contributed by atoms with Gasteiger partial charge < -0.3 is 20.1 Å². The Morgan fingerprint density at radius 3 is 2.67 bits per heavy atom. The highest BCUT2D eigenvalue weighted by atomic mass is 35.5. The van der Waals surface area contributed by atoms with Gasteiger partial charge in [-0.05, 0) is 19.1 Å². The van der Waals surface area contributed by atoms with E-state index in [1.807, 2.05) is 31.2 Å². The van der Waals surface area contributed by atoms with Crippen molar-refractivity contribution in [1.29, 1.82) is 0 Å². The number of anilines is 3. The van der Waals surface area contributed by atoms with Crippen LogP contribution in [0.4, 0.5) is 16.5 Å². The van der Waals surface area contributed by atoms with Crippen LogP contribution in [-0.2, 0) is 4.79 Å². The number of fused-ring (bicyclic) bond motifs is 1. The first-order chi connectivity index (χ1) is 14.6. The average molecular weight is 463 g/mol. The number of hydrogen-bond donors (Lipinski definition) is 2. The number of amides is 1. The predicted molar refractivity (Wildman–Crippen MR) is 121 cm³/mol. The Hall–Kier alpha value is -2.49. The minimum atomic E-state index is -0.195. The third-order valence-electron chi connectivity index (χ3n) is 4.15. The zero-order valence-corrected chi connectivity index (χ0v) is 18.5. The Morgan fingerprint density at radius 2 is 1.90 bits per heavy atom. The summed E-state index contributed by atoms with van der Waals surface area (Å²) >= 11 is 8.98. The number of rotatable bonds is 6. The van der Waals surface area contributed by atoms with Gasteiger partial charge in [0.2, 0.25) is 11.0 Å². The Morgan fingerprint density at radius 1 is 1.17 bits per heavy atom. The highest BCUT2D eigenvalue weighted by Crippen LogP contribution is 2.38. The summed E-state index contributed by atoms with van der Waals surface area (Å²) < 4.78 is 11.9. The maximum absolute atomic E-state index is 12.4. The second kappa shape index (κ2) is 9.55. The molecule has 0 saturated heterocycles. The molecule has 0 unspecified atom stereocenters. The van der Waals surface area contributed by atoms with Crippen LogP contribution in [0.25, 0.3) is 0 Å². The first kappa shape index (κ1) is 20.8. The van der Waals surface area contributed by atoms with Crippen molar-refractivity contribution >= 4 is 57.1 Å². The second-order valence-corrected chi connectivity index (χ2v) is 9.14. The SMILES string of the molecule is Cc1ccc(Nc2nnc(SCC(=O)Nc3cc4c(cc3Cl)OCCCO4)s2)cc1. The monoisotopic (exact) mass is 462 g/mol. The van der Waals surface area contributed by atoms with Crippen LogP contribution in [0.2, 0.25) is 5.02 Å². The predicted octanol–water partition coefficient (Wildman–Crippen LogP) is 5.14. The molecule has 0 aliphatic carbocycles. The van der Waals surface area contributed by atoms with Crippen LogP contribution in [0, 0.1) is 6.92 Å². The van der Waals surface area contributed by atoms with Crippen molar-refractivity contribution in [3.8, 4) is 11.5 Å². The molecule has 1 aromatic heterocycles. The van der Waals surface area contributed by atoms with Crippen LogP contribution in [0.15, 0.2) is 40.7 Å². The van der Waals surface area contributed by atoms with Gasteiger partial charge in [-0.3, -0.25) is 4.79 Å². The molecule has 10 heteroatoms. The number of ether oxygens (including phenoxy) is 2. The van der Waals surface area contributed by atoms with Crippen molar-refractivity contribution in [2.45, 2.75) is 17.7 Å². The van der Waals surface area contributed by atoms with Crippen LogP contribution in [0.5, 0.6) is 11.5 Å².